The van der Waals surface area contributed by atoms with E-state index in [0.29, 0.717) is 11.8 Å². The zero-order valence-electron chi connectivity index (χ0n) is 11.5. The summed E-state index contributed by atoms with van der Waals surface area (Å²) in [5, 5.41) is 0. The zero-order chi connectivity index (χ0) is 13.3. The van der Waals surface area contributed by atoms with Crippen LogP contribution in [0.25, 0.3) is 0 Å². The van der Waals surface area contributed by atoms with Gasteiger partial charge in [0.2, 0.25) is 0 Å². The third-order valence-corrected chi connectivity index (χ3v) is 3.78. The van der Waals surface area contributed by atoms with Crippen molar-refractivity contribution in [3.8, 4) is 0 Å². The molecule has 3 atom stereocenters. The lowest BCUT2D eigenvalue weighted by molar-refractivity contribution is -0.109. The number of piperidine rings is 1. The Morgan fingerprint density at radius 2 is 2.11 bits per heavy atom. The maximum atomic E-state index is 12.0. The average Bonchev–Trinajstić information content (AvgIpc) is 3.06. The van der Waals surface area contributed by atoms with E-state index >= 15 is 0 Å². The molecule has 1 saturated carbocycles. The van der Waals surface area contributed by atoms with Crippen LogP contribution in [0.5, 0.6) is 0 Å². The summed E-state index contributed by atoms with van der Waals surface area (Å²) < 4.78 is 5.40. The number of carbonyl (C=O) groups excluding carboxylic acids is 2. The highest BCUT2D eigenvalue weighted by molar-refractivity contribution is 5.68. The Hall–Kier alpha value is -1.06. The number of rotatable bonds is 2. The van der Waals surface area contributed by atoms with Gasteiger partial charge in [-0.15, -0.1) is 0 Å². The molecule has 2 fully saturated rings. The molecular formula is C14H23NO3. The highest BCUT2D eigenvalue weighted by atomic mass is 16.6. The van der Waals surface area contributed by atoms with Crippen molar-refractivity contribution in [2.45, 2.75) is 45.6 Å². The van der Waals surface area contributed by atoms with Crippen molar-refractivity contribution in [1.29, 1.82) is 0 Å². The van der Waals surface area contributed by atoms with Gasteiger partial charge in [0, 0.05) is 19.0 Å². The first-order valence-electron chi connectivity index (χ1n) is 6.84. The summed E-state index contributed by atoms with van der Waals surface area (Å²) in [6, 6.07) is 0. The van der Waals surface area contributed by atoms with Crippen molar-refractivity contribution < 1.29 is 14.3 Å². The molecule has 1 aliphatic carbocycles. The molecule has 2 aliphatic rings. The van der Waals surface area contributed by atoms with Crippen LogP contribution < -0.4 is 0 Å². The van der Waals surface area contributed by atoms with E-state index in [-0.39, 0.29) is 12.0 Å². The van der Waals surface area contributed by atoms with Gasteiger partial charge in [0.05, 0.1) is 0 Å². The molecule has 102 valence electrons. The second kappa shape index (κ2) is 4.90. The fourth-order valence-corrected chi connectivity index (χ4v) is 2.79. The third kappa shape index (κ3) is 3.24. The van der Waals surface area contributed by atoms with Gasteiger partial charge in [-0.2, -0.15) is 0 Å². The maximum Gasteiger partial charge on any atom is 0.410 e. The number of ether oxygens (including phenoxy) is 1. The molecule has 1 aliphatic heterocycles. The van der Waals surface area contributed by atoms with Crippen molar-refractivity contribution >= 4 is 12.4 Å². The Morgan fingerprint density at radius 3 is 2.67 bits per heavy atom. The van der Waals surface area contributed by atoms with Crippen molar-refractivity contribution in [3.63, 3.8) is 0 Å². The lowest BCUT2D eigenvalue weighted by Gasteiger charge is -2.34. The summed E-state index contributed by atoms with van der Waals surface area (Å²) in [5.41, 5.74) is -0.436. The number of aldehydes is 1. The van der Waals surface area contributed by atoms with Crippen molar-refractivity contribution in [2.75, 3.05) is 13.1 Å². The molecule has 0 spiro atoms. The number of hydrogen-bond acceptors (Lipinski definition) is 3. The Labute approximate surface area is 109 Å². The molecule has 4 nitrogen and oxygen atoms in total. The molecule has 1 heterocycles. The van der Waals surface area contributed by atoms with Crippen LogP contribution in [0.2, 0.25) is 0 Å². The standard InChI is InChI=1S/C14H23NO3/c1-14(2,3)18-13(17)15-6-4-5-10(8-15)12-7-11(12)9-16/h9-12H,4-8H2,1-3H3/t10-,11-,12+/m0/s1. The van der Waals surface area contributed by atoms with Crippen molar-refractivity contribution in [3.05, 3.63) is 0 Å². The van der Waals surface area contributed by atoms with E-state index < -0.39 is 5.60 Å². The lowest BCUT2D eigenvalue weighted by atomic mass is 9.92. The van der Waals surface area contributed by atoms with E-state index in [1.165, 1.54) is 0 Å². The normalized spacial score (nSPS) is 31.9. The molecule has 2 rings (SSSR count). The van der Waals surface area contributed by atoms with Gasteiger partial charge in [-0.1, -0.05) is 0 Å². The highest BCUT2D eigenvalue weighted by Crippen LogP contribution is 2.45. The second-order valence-electron chi connectivity index (χ2n) is 6.53. The average molecular weight is 253 g/mol. The summed E-state index contributed by atoms with van der Waals surface area (Å²) in [4.78, 5) is 24.5. The van der Waals surface area contributed by atoms with Gasteiger partial charge in [0.15, 0.2) is 0 Å². The Morgan fingerprint density at radius 1 is 1.39 bits per heavy atom. The molecule has 0 bridgehead atoms. The topological polar surface area (TPSA) is 46.6 Å². The van der Waals surface area contributed by atoms with Crippen LogP contribution in [0.4, 0.5) is 4.79 Å². The van der Waals surface area contributed by atoms with Crippen LogP contribution >= 0.6 is 0 Å². The quantitative estimate of drug-likeness (QED) is 0.710. The minimum Gasteiger partial charge on any atom is -0.444 e. The fraction of sp³-hybridized carbons (Fsp3) is 0.857. The van der Waals surface area contributed by atoms with E-state index in [9.17, 15) is 9.59 Å². The number of carbonyl (C=O) groups is 2. The van der Waals surface area contributed by atoms with Gasteiger partial charge in [0.1, 0.15) is 11.9 Å². The molecule has 4 heteroatoms. The van der Waals surface area contributed by atoms with Crippen molar-refractivity contribution in [2.24, 2.45) is 17.8 Å². The van der Waals surface area contributed by atoms with Gasteiger partial charge in [-0.05, 0) is 51.9 Å². The van der Waals surface area contributed by atoms with Gasteiger partial charge in [-0.25, -0.2) is 4.79 Å². The minimum atomic E-state index is -0.436. The smallest absolute Gasteiger partial charge is 0.410 e. The summed E-state index contributed by atoms with van der Waals surface area (Å²) in [7, 11) is 0. The molecule has 0 aromatic rings. The van der Waals surface area contributed by atoms with E-state index in [2.05, 4.69) is 0 Å². The number of nitrogens with zero attached hydrogens (tertiary/aromatic N) is 1. The Bertz CT molecular complexity index is 334. The molecular weight excluding hydrogens is 230 g/mol. The van der Waals surface area contributed by atoms with Crippen LogP contribution in [-0.4, -0.2) is 36.0 Å². The number of likely N-dealkylation sites (tertiary alicyclic amines) is 1. The summed E-state index contributed by atoms with van der Waals surface area (Å²) >= 11 is 0. The molecule has 0 N–H and O–H groups in total. The minimum absolute atomic E-state index is 0.212. The van der Waals surface area contributed by atoms with Gasteiger partial charge < -0.3 is 14.4 Å². The van der Waals surface area contributed by atoms with Gasteiger partial charge >= 0.3 is 6.09 Å². The molecule has 18 heavy (non-hydrogen) atoms. The Balaban J connectivity index is 1.87. The second-order valence-corrected chi connectivity index (χ2v) is 6.53. The van der Waals surface area contributed by atoms with Crippen molar-refractivity contribution in [1.82, 2.24) is 4.90 Å². The predicted molar refractivity (Wildman–Crippen MR) is 68.2 cm³/mol. The summed E-state index contributed by atoms with van der Waals surface area (Å²) in [5.74, 6) is 1.24. The molecule has 0 radical (unpaired) electrons. The summed E-state index contributed by atoms with van der Waals surface area (Å²) in [6.45, 7) is 7.19. The van der Waals surface area contributed by atoms with Gasteiger partial charge in [0.25, 0.3) is 0 Å². The molecule has 0 unspecified atom stereocenters. The summed E-state index contributed by atoms with van der Waals surface area (Å²) in [6.07, 6.45) is 4.02. The number of hydrogen-bond donors (Lipinski definition) is 0. The van der Waals surface area contributed by atoms with Crippen LogP contribution in [0.15, 0.2) is 0 Å². The van der Waals surface area contributed by atoms with E-state index in [1.54, 1.807) is 4.90 Å². The zero-order valence-corrected chi connectivity index (χ0v) is 11.5. The largest absolute Gasteiger partial charge is 0.444 e. The van der Waals surface area contributed by atoms with E-state index in [1.807, 2.05) is 20.8 Å². The van der Waals surface area contributed by atoms with Crippen LogP contribution in [-0.2, 0) is 9.53 Å². The molecule has 1 amide bonds. The van der Waals surface area contributed by atoms with Crippen LogP contribution in [0.3, 0.4) is 0 Å². The monoisotopic (exact) mass is 253 g/mol. The first kappa shape index (κ1) is 13.4. The van der Waals surface area contributed by atoms with Gasteiger partial charge in [-0.3, -0.25) is 0 Å². The molecule has 1 saturated heterocycles. The van der Waals surface area contributed by atoms with E-state index in [0.717, 1.165) is 38.6 Å². The Kier molecular flexibility index (Phi) is 3.64. The fourth-order valence-electron chi connectivity index (χ4n) is 2.79. The number of amides is 1. The first-order chi connectivity index (χ1) is 8.40. The maximum absolute atomic E-state index is 12.0. The SMILES string of the molecule is CC(C)(C)OC(=O)N1CCC[C@H]([C@H]2C[C@H]2C=O)C1. The van der Waals surface area contributed by atoms with E-state index in [4.69, 9.17) is 4.74 Å². The van der Waals surface area contributed by atoms with Crippen LogP contribution in [0, 0.1) is 17.8 Å². The van der Waals surface area contributed by atoms with Crippen LogP contribution in [0.1, 0.15) is 40.0 Å². The predicted octanol–water partition coefficient (Wildman–Crippen LogP) is 2.47. The highest BCUT2D eigenvalue weighted by Gasteiger charge is 2.44. The first-order valence-corrected chi connectivity index (χ1v) is 6.84. The molecule has 0 aromatic carbocycles. The molecule has 0 aromatic heterocycles. The third-order valence-electron chi connectivity index (χ3n) is 3.78. The lowest BCUT2D eigenvalue weighted by Crippen LogP contribution is -2.43.